The Morgan fingerprint density at radius 3 is 2.78 bits per heavy atom. The summed E-state index contributed by atoms with van der Waals surface area (Å²) in [5, 5.41) is 17.4. The van der Waals surface area contributed by atoms with Crippen LogP contribution in [0.5, 0.6) is 5.75 Å². The summed E-state index contributed by atoms with van der Waals surface area (Å²) in [5.74, 6) is 0.145. The fourth-order valence-electron chi connectivity index (χ4n) is 1.90. The third-order valence-electron chi connectivity index (χ3n) is 2.66. The van der Waals surface area contributed by atoms with Crippen LogP contribution in [0.15, 0.2) is 51.4 Å². The maximum atomic E-state index is 9.54. The van der Waals surface area contributed by atoms with Crippen LogP contribution in [0.4, 0.5) is 0 Å². The second kappa shape index (κ2) is 4.03. The molecule has 0 spiro atoms. The molecule has 1 aromatic heterocycles. The largest absolute Gasteiger partial charge is 0.508 e. The van der Waals surface area contributed by atoms with Crippen molar-refractivity contribution in [3.8, 4) is 11.4 Å². The van der Waals surface area contributed by atoms with Gasteiger partial charge < -0.3 is 9.52 Å². The number of phenolic OH excluding ortho intramolecular Hbond substituents is 1. The average Bonchev–Trinajstić information content (AvgIpc) is 2.64. The summed E-state index contributed by atoms with van der Waals surface area (Å²) in [6, 6.07) is 12.3. The predicted molar refractivity (Wildman–Crippen MR) is 70.8 cm³/mol. The molecule has 0 unspecified atom stereocenters. The van der Waals surface area contributed by atoms with Crippen molar-refractivity contribution in [3.63, 3.8) is 0 Å². The van der Waals surface area contributed by atoms with Gasteiger partial charge in [-0.25, -0.2) is 0 Å². The highest BCUT2D eigenvalue weighted by molar-refractivity contribution is 9.10. The van der Waals surface area contributed by atoms with Gasteiger partial charge in [-0.2, -0.15) is 0 Å². The summed E-state index contributed by atoms with van der Waals surface area (Å²) < 4.78 is 7.91. The molecule has 3 rings (SSSR count). The smallest absolute Gasteiger partial charge is 0.299 e. The molecule has 0 aliphatic rings. The summed E-state index contributed by atoms with van der Waals surface area (Å²) in [6.07, 6.45) is 0. The molecule has 0 aliphatic carbocycles. The van der Waals surface area contributed by atoms with Crippen molar-refractivity contribution in [2.45, 2.75) is 0 Å². The SMILES string of the molecule is N=c1oc2ccc(O)cc2n1-c1cccc(Br)c1. The summed E-state index contributed by atoms with van der Waals surface area (Å²) >= 11 is 3.40. The maximum absolute atomic E-state index is 9.54. The molecule has 1 heterocycles. The highest BCUT2D eigenvalue weighted by Gasteiger charge is 2.09. The van der Waals surface area contributed by atoms with E-state index in [1.165, 1.54) is 6.07 Å². The van der Waals surface area contributed by atoms with Crippen molar-refractivity contribution in [2.75, 3.05) is 0 Å². The summed E-state index contributed by atoms with van der Waals surface area (Å²) in [7, 11) is 0. The number of benzene rings is 2. The molecule has 2 N–H and O–H groups in total. The zero-order valence-electron chi connectivity index (χ0n) is 9.22. The second-order valence-electron chi connectivity index (χ2n) is 3.87. The van der Waals surface area contributed by atoms with Crippen LogP contribution in [-0.4, -0.2) is 9.67 Å². The predicted octanol–water partition coefficient (Wildman–Crippen LogP) is 3.17. The summed E-state index contributed by atoms with van der Waals surface area (Å²) in [4.78, 5) is 0. The van der Waals surface area contributed by atoms with E-state index in [0.29, 0.717) is 11.1 Å². The first-order valence-electron chi connectivity index (χ1n) is 5.30. The van der Waals surface area contributed by atoms with Crippen LogP contribution in [0.2, 0.25) is 0 Å². The number of aromatic hydroxyl groups is 1. The van der Waals surface area contributed by atoms with Crippen LogP contribution in [0.1, 0.15) is 0 Å². The lowest BCUT2D eigenvalue weighted by atomic mass is 10.2. The van der Waals surface area contributed by atoms with Gasteiger partial charge in [-0.05, 0) is 30.3 Å². The van der Waals surface area contributed by atoms with E-state index < -0.39 is 0 Å². The number of nitrogens with one attached hydrogen (secondary N) is 1. The minimum Gasteiger partial charge on any atom is -0.508 e. The van der Waals surface area contributed by atoms with Gasteiger partial charge in [-0.15, -0.1) is 0 Å². The van der Waals surface area contributed by atoms with E-state index in [2.05, 4.69) is 15.9 Å². The third-order valence-corrected chi connectivity index (χ3v) is 3.15. The van der Waals surface area contributed by atoms with Gasteiger partial charge in [0.25, 0.3) is 5.68 Å². The van der Waals surface area contributed by atoms with Crippen molar-refractivity contribution >= 4 is 27.0 Å². The third kappa shape index (κ3) is 1.73. The van der Waals surface area contributed by atoms with E-state index in [4.69, 9.17) is 9.83 Å². The molecule has 0 fully saturated rings. The quantitative estimate of drug-likeness (QED) is 0.725. The average molecular weight is 305 g/mol. The minimum atomic E-state index is 0.0219. The Morgan fingerprint density at radius 1 is 1.17 bits per heavy atom. The number of nitrogens with zero attached hydrogens (tertiary/aromatic N) is 1. The molecule has 4 nitrogen and oxygen atoms in total. The first-order chi connectivity index (χ1) is 8.65. The first kappa shape index (κ1) is 11.1. The fourth-order valence-corrected chi connectivity index (χ4v) is 2.28. The van der Waals surface area contributed by atoms with Crippen LogP contribution >= 0.6 is 15.9 Å². The normalized spacial score (nSPS) is 10.9. The number of aromatic nitrogens is 1. The van der Waals surface area contributed by atoms with Gasteiger partial charge in [0.05, 0.1) is 11.2 Å². The molecule has 0 aliphatic heterocycles. The van der Waals surface area contributed by atoms with Crippen LogP contribution in [0, 0.1) is 5.41 Å². The Balaban J connectivity index is 2.38. The van der Waals surface area contributed by atoms with Crippen LogP contribution in [0.3, 0.4) is 0 Å². The second-order valence-corrected chi connectivity index (χ2v) is 4.79. The molecule has 5 heteroatoms. The lowest BCUT2D eigenvalue weighted by Crippen LogP contribution is -2.11. The number of hydrogen-bond acceptors (Lipinski definition) is 3. The van der Waals surface area contributed by atoms with Gasteiger partial charge in [-0.3, -0.25) is 9.98 Å². The van der Waals surface area contributed by atoms with E-state index in [1.54, 1.807) is 16.7 Å². The van der Waals surface area contributed by atoms with E-state index in [0.717, 1.165) is 10.2 Å². The molecule has 0 amide bonds. The van der Waals surface area contributed by atoms with Gasteiger partial charge >= 0.3 is 0 Å². The molecule has 2 aromatic carbocycles. The molecule has 0 saturated heterocycles. The van der Waals surface area contributed by atoms with Crippen LogP contribution in [0.25, 0.3) is 16.8 Å². The highest BCUT2D eigenvalue weighted by Crippen LogP contribution is 2.23. The van der Waals surface area contributed by atoms with Crippen molar-refractivity contribution in [1.82, 2.24) is 4.57 Å². The number of phenols is 1. The Hall–Kier alpha value is -2.01. The van der Waals surface area contributed by atoms with Crippen LogP contribution in [-0.2, 0) is 0 Å². The molecule has 0 atom stereocenters. The van der Waals surface area contributed by atoms with Crippen molar-refractivity contribution < 1.29 is 9.52 Å². The molecule has 90 valence electrons. The summed E-state index contributed by atoms with van der Waals surface area (Å²) in [5.41, 5.74) is 2.06. The Kier molecular flexibility index (Phi) is 2.48. The number of halogens is 1. The number of hydrogen-bond donors (Lipinski definition) is 2. The Morgan fingerprint density at radius 2 is 2.00 bits per heavy atom. The molecule has 0 radical (unpaired) electrons. The van der Waals surface area contributed by atoms with Gasteiger partial charge in [-0.1, -0.05) is 22.0 Å². The number of fused-ring (bicyclic) bond motifs is 1. The lowest BCUT2D eigenvalue weighted by molar-refractivity contribution is 0.475. The van der Waals surface area contributed by atoms with Gasteiger partial charge in [0, 0.05) is 10.5 Å². The minimum absolute atomic E-state index is 0.0219. The van der Waals surface area contributed by atoms with Crippen LogP contribution < -0.4 is 5.68 Å². The van der Waals surface area contributed by atoms with Gasteiger partial charge in [0.1, 0.15) is 5.75 Å². The Labute approximate surface area is 111 Å². The zero-order valence-corrected chi connectivity index (χ0v) is 10.8. The van der Waals surface area contributed by atoms with E-state index in [-0.39, 0.29) is 11.4 Å². The summed E-state index contributed by atoms with van der Waals surface area (Å²) in [6.45, 7) is 0. The highest BCUT2D eigenvalue weighted by atomic mass is 79.9. The van der Waals surface area contributed by atoms with E-state index in [1.807, 2.05) is 24.3 Å². The van der Waals surface area contributed by atoms with Crippen molar-refractivity contribution in [2.24, 2.45) is 0 Å². The van der Waals surface area contributed by atoms with Crippen molar-refractivity contribution in [1.29, 1.82) is 5.41 Å². The standard InChI is InChI=1S/C13H9BrN2O2/c14-8-2-1-3-9(6-8)16-11-7-10(17)4-5-12(11)18-13(16)15/h1-7,15,17H. The molecular weight excluding hydrogens is 296 g/mol. The maximum Gasteiger partial charge on any atom is 0.299 e. The van der Waals surface area contributed by atoms with E-state index >= 15 is 0 Å². The Bertz CT molecular complexity index is 789. The molecular formula is C13H9BrN2O2. The zero-order chi connectivity index (χ0) is 12.7. The fraction of sp³-hybridized carbons (Fsp3) is 0. The molecule has 0 bridgehead atoms. The van der Waals surface area contributed by atoms with Gasteiger partial charge in [0.2, 0.25) is 0 Å². The molecule has 18 heavy (non-hydrogen) atoms. The van der Waals surface area contributed by atoms with Crippen molar-refractivity contribution in [3.05, 3.63) is 52.6 Å². The topological polar surface area (TPSA) is 62.1 Å². The van der Waals surface area contributed by atoms with E-state index in [9.17, 15) is 5.11 Å². The van der Waals surface area contributed by atoms with Gasteiger partial charge in [0.15, 0.2) is 5.58 Å². The molecule has 0 saturated carbocycles. The first-order valence-corrected chi connectivity index (χ1v) is 6.09. The monoisotopic (exact) mass is 304 g/mol. The molecule has 3 aromatic rings. The number of oxazole rings is 1. The lowest BCUT2D eigenvalue weighted by Gasteiger charge is -2.03. The number of rotatable bonds is 1.